The van der Waals surface area contributed by atoms with Crippen molar-refractivity contribution in [3.05, 3.63) is 28.3 Å². The molecule has 0 aliphatic rings. The van der Waals surface area contributed by atoms with E-state index in [4.69, 9.17) is 5.26 Å². The van der Waals surface area contributed by atoms with E-state index in [0.29, 0.717) is 4.90 Å². The minimum atomic E-state index is -3.54. The van der Waals surface area contributed by atoms with Gasteiger partial charge in [0.05, 0.1) is 11.0 Å². The molecule has 0 radical (unpaired) electrons. The topological polar surface area (TPSA) is 70.0 Å². The Hall–Kier alpha value is -1.38. The summed E-state index contributed by atoms with van der Waals surface area (Å²) in [6.45, 7) is 7.55. The highest BCUT2D eigenvalue weighted by Gasteiger charge is 2.21. The lowest BCUT2D eigenvalue weighted by atomic mass is 10.0. The van der Waals surface area contributed by atoms with Crippen molar-refractivity contribution in [3.63, 3.8) is 0 Å². The first kappa shape index (κ1) is 14.7. The molecule has 0 saturated heterocycles. The molecule has 0 aromatic heterocycles. The third-order valence-electron chi connectivity index (χ3n) is 3.09. The van der Waals surface area contributed by atoms with Gasteiger partial charge in [0.15, 0.2) is 0 Å². The highest BCUT2D eigenvalue weighted by molar-refractivity contribution is 7.89. The second-order valence-electron chi connectivity index (χ2n) is 4.40. The van der Waals surface area contributed by atoms with E-state index in [9.17, 15) is 8.42 Å². The maximum Gasteiger partial charge on any atom is 0.241 e. The largest absolute Gasteiger partial charge is 0.241 e. The second kappa shape index (κ2) is 5.51. The summed E-state index contributed by atoms with van der Waals surface area (Å²) in [5, 5.41) is 8.45. The predicted octanol–water partition coefficient (Wildman–Crippen LogP) is 2.11. The van der Waals surface area contributed by atoms with E-state index in [1.165, 1.54) is 0 Å². The first-order valence-electron chi connectivity index (χ1n) is 5.75. The summed E-state index contributed by atoms with van der Waals surface area (Å²) >= 11 is 0. The molecular weight excluding hydrogens is 248 g/mol. The molecule has 18 heavy (non-hydrogen) atoms. The van der Waals surface area contributed by atoms with Crippen molar-refractivity contribution < 1.29 is 8.42 Å². The Morgan fingerprint density at radius 3 is 2.11 bits per heavy atom. The van der Waals surface area contributed by atoms with Gasteiger partial charge in [-0.2, -0.15) is 5.26 Å². The maximum atomic E-state index is 12.2. The first-order chi connectivity index (χ1) is 8.31. The van der Waals surface area contributed by atoms with Gasteiger partial charge in [-0.25, -0.2) is 13.1 Å². The van der Waals surface area contributed by atoms with E-state index in [2.05, 4.69) is 4.72 Å². The van der Waals surface area contributed by atoms with Crippen LogP contribution in [0.3, 0.4) is 0 Å². The van der Waals surface area contributed by atoms with Crippen LogP contribution in [0.5, 0.6) is 0 Å². The Morgan fingerprint density at radius 2 is 1.67 bits per heavy atom. The molecule has 1 rings (SSSR count). The van der Waals surface area contributed by atoms with Crippen molar-refractivity contribution >= 4 is 10.0 Å². The van der Waals surface area contributed by atoms with Crippen LogP contribution in [0.4, 0.5) is 0 Å². The van der Waals surface area contributed by atoms with Crippen molar-refractivity contribution in [2.45, 2.75) is 39.0 Å². The third-order valence-corrected chi connectivity index (χ3v) is 4.83. The van der Waals surface area contributed by atoms with Gasteiger partial charge in [0.25, 0.3) is 0 Å². The lowest BCUT2D eigenvalue weighted by Gasteiger charge is -2.15. The van der Waals surface area contributed by atoms with E-state index < -0.39 is 10.0 Å². The number of hydrogen-bond acceptors (Lipinski definition) is 3. The van der Waals surface area contributed by atoms with Crippen LogP contribution >= 0.6 is 0 Å². The zero-order chi connectivity index (χ0) is 13.9. The van der Waals surface area contributed by atoms with Crippen molar-refractivity contribution in [1.29, 1.82) is 5.26 Å². The van der Waals surface area contributed by atoms with Crippen LogP contribution in [0.1, 0.15) is 28.7 Å². The van der Waals surface area contributed by atoms with Gasteiger partial charge in [-0.1, -0.05) is 6.07 Å². The van der Waals surface area contributed by atoms with Gasteiger partial charge in [0.1, 0.15) is 0 Å². The normalized spacial score (nSPS) is 11.3. The fourth-order valence-corrected chi connectivity index (χ4v) is 3.54. The number of sulfonamides is 1. The quantitative estimate of drug-likeness (QED) is 0.848. The van der Waals surface area contributed by atoms with Crippen LogP contribution in [-0.4, -0.2) is 15.0 Å². The number of rotatable bonds is 4. The van der Waals surface area contributed by atoms with E-state index in [0.717, 1.165) is 22.3 Å². The number of nitrogens with zero attached hydrogens (tertiary/aromatic N) is 1. The number of aryl methyl sites for hydroxylation is 2. The summed E-state index contributed by atoms with van der Waals surface area (Å²) in [6, 6.07) is 3.90. The first-order valence-corrected chi connectivity index (χ1v) is 7.23. The molecule has 4 nitrogen and oxygen atoms in total. The Balaban J connectivity index is 3.29. The molecule has 0 amide bonds. The Bertz CT molecular complexity index is 572. The molecule has 0 atom stereocenters. The zero-order valence-corrected chi connectivity index (χ0v) is 12.0. The molecule has 0 fully saturated rings. The Kier molecular flexibility index (Phi) is 4.49. The molecule has 0 aliphatic carbocycles. The SMILES string of the molecule is Cc1cc(C)c(C)c(S(=O)(=O)NCCC#N)c1C. The number of hydrogen-bond donors (Lipinski definition) is 1. The lowest BCUT2D eigenvalue weighted by molar-refractivity contribution is 0.580. The van der Waals surface area contributed by atoms with Gasteiger partial charge in [0, 0.05) is 13.0 Å². The number of nitrogens with one attached hydrogen (secondary N) is 1. The minimum Gasteiger partial charge on any atom is -0.210 e. The summed E-state index contributed by atoms with van der Waals surface area (Å²) in [7, 11) is -3.54. The predicted molar refractivity (Wildman–Crippen MR) is 70.8 cm³/mol. The molecule has 0 unspecified atom stereocenters. The fourth-order valence-electron chi connectivity index (χ4n) is 1.90. The monoisotopic (exact) mass is 266 g/mol. The molecule has 1 N–H and O–H groups in total. The number of benzene rings is 1. The van der Waals surface area contributed by atoms with Crippen LogP contribution in [0.15, 0.2) is 11.0 Å². The van der Waals surface area contributed by atoms with E-state index >= 15 is 0 Å². The molecule has 1 aromatic carbocycles. The van der Waals surface area contributed by atoms with Crippen molar-refractivity contribution in [2.24, 2.45) is 0 Å². The average molecular weight is 266 g/mol. The summed E-state index contributed by atoms with van der Waals surface area (Å²) < 4.78 is 26.9. The van der Waals surface area contributed by atoms with Gasteiger partial charge < -0.3 is 0 Å². The molecule has 0 spiro atoms. The van der Waals surface area contributed by atoms with Crippen LogP contribution in [-0.2, 0) is 10.0 Å². The summed E-state index contributed by atoms with van der Waals surface area (Å²) in [5.41, 5.74) is 3.45. The van der Waals surface area contributed by atoms with Gasteiger partial charge in [-0.15, -0.1) is 0 Å². The molecule has 5 heteroatoms. The summed E-state index contributed by atoms with van der Waals surface area (Å²) in [6.07, 6.45) is 0.169. The standard InChI is InChI=1S/C13H18N2O2S/c1-9-8-10(2)12(4)13(11(9)3)18(16,17)15-7-5-6-14/h8,15H,5,7H2,1-4H3. The van der Waals surface area contributed by atoms with Crippen LogP contribution in [0.25, 0.3) is 0 Å². The van der Waals surface area contributed by atoms with Crippen LogP contribution in [0.2, 0.25) is 0 Å². The van der Waals surface area contributed by atoms with Gasteiger partial charge >= 0.3 is 0 Å². The second-order valence-corrected chi connectivity index (χ2v) is 6.10. The maximum absolute atomic E-state index is 12.2. The van der Waals surface area contributed by atoms with Crippen LogP contribution < -0.4 is 4.72 Å². The highest BCUT2D eigenvalue weighted by Crippen LogP contribution is 2.25. The van der Waals surface area contributed by atoms with Gasteiger partial charge in [-0.3, -0.25) is 0 Å². The smallest absolute Gasteiger partial charge is 0.210 e. The van der Waals surface area contributed by atoms with Crippen molar-refractivity contribution in [2.75, 3.05) is 6.54 Å². The third kappa shape index (κ3) is 2.89. The molecule has 0 heterocycles. The van der Waals surface area contributed by atoms with Crippen molar-refractivity contribution in [3.8, 4) is 6.07 Å². The zero-order valence-electron chi connectivity index (χ0n) is 11.2. The fraction of sp³-hybridized carbons (Fsp3) is 0.462. The average Bonchev–Trinajstić information content (AvgIpc) is 2.26. The molecule has 1 aromatic rings. The van der Waals surface area contributed by atoms with Crippen LogP contribution in [0, 0.1) is 39.0 Å². The van der Waals surface area contributed by atoms with E-state index in [1.54, 1.807) is 13.8 Å². The minimum absolute atomic E-state index is 0.144. The van der Waals surface area contributed by atoms with Gasteiger partial charge in [0.2, 0.25) is 10.0 Å². The summed E-state index contributed by atoms with van der Waals surface area (Å²) in [4.78, 5) is 0.345. The van der Waals surface area contributed by atoms with E-state index in [1.807, 2.05) is 26.0 Å². The Morgan fingerprint density at radius 1 is 1.17 bits per heavy atom. The van der Waals surface area contributed by atoms with E-state index in [-0.39, 0.29) is 13.0 Å². The lowest BCUT2D eigenvalue weighted by Crippen LogP contribution is -2.26. The molecule has 0 saturated carbocycles. The molecular formula is C13H18N2O2S. The van der Waals surface area contributed by atoms with Crippen molar-refractivity contribution in [1.82, 2.24) is 4.72 Å². The molecule has 0 aliphatic heterocycles. The Labute approximate surface area is 109 Å². The van der Waals surface area contributed by atoms with Gasteiger partial charge in [-0.05, 0) is 49.9 Å². The highest BCUT2D eigenvalue weighted by atomic mass is 32.2. The summed E-state index contributed by atoms with van der Waals surface area (Å²) in [5.74, 6) is 0. The number of nitriles is 1. The molecule has 98 valence electrons. The molecule has 0 bridgehead atoms.